The van der Waals surface area contributed by atoms with Crippen molar-refractivity contribution in [1.82, 2.24) is 5.32 Å². The molecule has 2 aliphatic heterocycles. The summed E-state index contributed by atoms with van der Waals surface area (Å²) in [5, 5.41) is 7.61. The molecule has 4 heteroatoms. The molecule has 0 aromatic heterocycles. The van der Waals surface area contributed by atoms with Gasteiger partial charge in [-0.1, -0.05) is 163 Å². The number of fused-ring (bicyclic) bond motifs is 1. The molecular formula is C41H31N3S. The van der Waals surface area contributed by atoms with E-state index in [1.807, 2.05) is 17.8 Å². The van der Waals surface area contributed by atoms with E-state index in [1.165, 1.54) is 32.8 Å². The Balaban J connectivity index is 1.15. The van der Waals surface area contributed by atoms with E-state index >= 15 is 0 Å². The Morgan fingerprint density at radius 3 is 1.62 bits per heavy atom. The number of hydrogen-bond acceptors (Lipinski definition) is 4. The summed E-state index contributed by atoms with van der Waals surface area (Å²) >= 11 is 1.87. The molecule has 0 fully saturated rings. The number of anilines is 1. The Kier molecular flexibility index (Phi) is 7.26. The molecular weight excluding hydrogens is 567 g/mol. The van der Waals surface area contributed by atoms with Crippen LogP contribution in [-0.2, 0) is 0 Å². The van der Waals surface area contributed by atoms with Crippen molar-refractivity contribution in [3.8, 4) is 11.1 Å². The van der Waals surface area contributed by atoms with Crippen molar-refractivity contribution in [3.63, 3.8) is 0 Å². The number of amidine groups is 1. The standard InChI is InChI=1S/C41H31N3S/c1-4-12-30(13-5-1)37-38(31-14-6-2-7-15-31)43-40(33-16-8-3-9-17-33)44-39(37)32-24-20-28(21-25-32)29-22-26-34(27-23-29)41-42-35-18-10-11-19-36(35)45-41/h1-27,39,41-42H,(H,43,44). The maximum absolute atomic E-state index is 5.37. The first kappa shape index (κ1) is 27.2. The van der Waals surface area contributed by atoms with E-state index in [-0.39, 0.29) is 11.4 Å². The highest BCUT2D eigenvalue weighted by atomic mass is 32.2. The van der Waals surface area contributed by atoms with Gasteiger partial charge in [-0.2, -0.15) is 0 Å². The molecule has 6 aromatic rings. The Morgan fingerprint density at radius 2 is 1.00 bits per heavy atom. The van der Waals surface area contributed by atoms with Gasteiger partial charge in [-0.25, -0.2) is 0 Å². The summed E-state index contributed by atoms with van der Waals surface area (Å²) in [4.78, 5) is 6.67. The average molecular weight is 598 g/mol. The molecule has 2 unspecified atom stereocenters. The van der Waals surface area contributed by atoms with Gasteiger partial charge in [0.05, 0.1) is 5.70 Å². The molecule has 0 spiro atoms. The summed E-state index contributed by atoms with van der Waals surface area (Å²) in [7, 11) is 0. The zero-order valence-electron chi connectivity index (χ0n) is 24.6. The minimum atomic E-state index is -0.178. The van der Waals surface area contributed by atoms with Crippen LogP contribution in [0.4, 0.5) is 5.69 Å². The van der Waals surface area contributed by atoms with Gasteiger partial charge in [0.25, 0.3) is 0 Å². The second-order valence-corrected chi connectivity index (χ2v) is 12.4. The molecule has 3 nitrogen and oxygen atoms in total. The molecule has 8 rings (SSSR count). The smallest absolute Gasteiger partial charge is 0.133 e. The van der Waals surface area contributed by atoms with Gasteiger partial charge in [-0.15, -0.1) is 0 Å². The molecule has 0 amide bonds. The topological polar surface area (TPSA) is 36.4 Å². The Morgan fingerprint density at radius 1 is 0.467 bits per heavy atom. The van der Waals surface area contributed by atoms with Crippen LogP contribution in [0.2, 0.25) is 0 Å². The second kappa shape index (κ2) is 12.0. The van der Waals surface area contributed by atoms with Gasteiger partial charge in [0.2, 0.25) is 0 Å². The highest BCUT2D eigenvalue weighted by Crippen LogP contribution is 2.46. The molecule has 2 heterocycles. The third kappa shape index (κ3) is 5.45. The Bertz CT molecular complexity index is 1970. The van der Waals surface area contributed by atoms with E-state index in [0.29, 0.717) is 0 Å². The zero-order valence-corrected chi connectivity index (χ0v) is 25.4. The summed E-state index contributed by atoms with van der Waals surface area (Å²) in [6.45, 7) is 0. The predicted molar refractivity (Wildman–Crippen MR) is 189 cm³/mol. The van der Waals surface area contributed by atoms with E-state index in [0.717, 1.165) is 33.8 Å². The van der Waals surface area contributed by atoms with Gasteiger partial charge in [0.15, 0.2) is 0 Å². The molecule has 0 saturated heterocycles. The Labute approximate surface area is 268 Å². The van der Waals surface area contributed by atoms with E-state index in [2.05, 4.69) is 168 Å². The zero-order chi connectivity index (χ0) is 30.0. The molecule has 2 aliphatic rings. The van der Waals surface area contributed by atoms with Gasteiger partial charge in [0, 0.05) is 21.7 Å². The fraction of sp³-hybridized carbons (Fsp3) is 0.0488. The van der Waals surface area contributed by atoms with Crippen LogP contribution in [0.1, 0.15) is 39.2 Å². The van der Waals surface area contributed by atoms with Crippen LogP contribution >= 0.6 is 11.8 Å². The van der Waals surface area contributed by atoms with E-state index < -0.39 is 0 Å². The Hall–Kier alpha value is -5.32. The number of aliphatic imine (C=N–C) groups is 1. The molecule has 0 radical (unpaired) electrons. The number of para-hydroxylation sites is 1. The number of nitrogens with one attached hydrogen (secondary N) is 2. The lowest BCUT2D eigenvalue weighted by Crippen LogP contribution is -2.29. The molecule has 0 aliphatic carbocycles. The summed E-state index contributed by atoms with van der Waals surface area (Å²) in [6, 6.07) is 57.8. The third-order valence-corrected chi connectivity index (χ3v) is 9.67. The fourth-order valence-electron chi connectivity index (χ4n) is 6.13. The van der Waals surface area contributed by atoms with Crippen molar-refractivity contribution in [3.05, 3.63) is 192 Å². The highest BCUT2D eigenvalue weighted by Gasteiger charge is 2.28. The number of nitrogens with zero attached hydrogens (tertiary/aromatic N) is 1. The molecule has 2 N–H and O–H groups in total. The minimum Gasteiger partial charge on any atom is -0.368 e. The van der Waals surface area contributed by atoms with Crippen LogP contribution in [0.3, 0.4) is 0 Å². The first-order valence-corrected chi connectivity index (χ1v) is 16.2. The number of thioether (sulfide) groups is 1. The van der Waals surface area contributed by atoms with E-state index in [9.17, 15) is 0 Å². The first-order chi connectivity index (χ1) is 22.3. The predicted octanol–water partition coefficient (Wildman–Crippen LogP) is 10.2. The summed E-state index contributed by atoms with van der Waals surface area (Å²) < 4.78 is 0. The monoisotopic (exact) mass is 597 g/mol. The quantitative estimate of drug-likeness (QED) is 0.201. The van der Waals surface area contributed by atoms with Crippen LogP contribution in [-0.4, -0.2) is 5.84 Å². The van der Waals surface area contributed by atoms with Crippen molar-refractivity contribution < 1.29 is 0 Å². The fourth-order valence-corrected chi connectivity index (χ4v) is 7.27. The van der Waals surface area contributed by atoms with Gasteiger partial charge in [-0.3, -0.25) is 4.99 Å². The number of rotatable bonds is 6. The number of hydrogen-bond donors (Lipinski definition) is 2. The van der Waals surface area contributed by atoms with E-state index in [4.69, 9.17) is 4.99 Å². The SMILES string of the molecule is c1ccc(C2=NC(c3ccc(-c4ccc(C5Nc6ccccc6S5)cc4)cc3)C(c3ccccc3)=C(c3ccccc3)N2)cc1. The second-order valence-electron chi connectivity index (χ2n) is 11.3. The van der Waals surface area contributed by atoms with Crippen LogP contribution in [0.25, 0.3) is 22.4 Å². The average Bonchev–Trinajstić information content (AvgIpc) is 3.57. The highest BCUT2D eigenvalue weighted by molar-refractivity contribution is 8.00. The van der Waals surface area contributed by atoms with Gasteiger partial charge < -0.3 is 10.6 Å². The minimum absolute atomic E-state index is 0.178. The van der Waals surface area contributed by atoms with Gasteiger partial charge in [0.1, 0.15) is 17.3 Å². The third-order valence-electron chi connectivity index (χ3n) is 8.43. The maximum atomic E-state index is 5.37. The first-order valence-electron chi connectivity index (χ1n) is 15.3. The largest absolute Gasteiger partial charge is 0.368 e. The van der Waals surface area contributed by atoms with Gasteiger partial charge in [-0.05, 0) is 45.5 Å². The van der Waals surface area contributed by atoms with Crippen LogP contribution in [0.5, 0.6) is 0 Å². The van der Waals surface area contributed by atoms with Crippen LogP contribution in [0, 0.1) is 0 Å². The lowest BCUT2D eigenvalue weighted by atomic mass is 9.87. The molecule has 45 heavy (non-hydrogen) atoms. The lowest BCUT2D eigenvalue weighted by Gasteiger charge is -2.30. The van der Waals surface area contributed by atoms with Crippen LogP contribution < -0.4 is 10.6 Å². The van der Waals surface area contributed by atoms with Crippen LogP contribution in [0.15, 0.2) is 174 Å². The van der Waals surface area contributed by atoms with Gasteiger partial charge >= 0.3 is 0 Å². The summed E-state index contributed by atoms with van der Waals surface area (Å²) in [5.41, 5.74) is 11.7. The summed E-state index contributed by atoms with van der Waals surface area (Å²) in [5.74, 6) is 0.874. The molecule has 216 valence electrons. The van der Waals surface area contributed by atoms with Crippen molar-refractivity contribution in [2.45, 2.75) is 16.3 Å². The molecule has 2 atom stereocenters. The van der Waals surface area contributed by atoms with Crippen molar-refractivity contribution >= 4 is 34.6 Å². The number of benzene rings is 6. The van der Waals surface area contributed by atoms with Crippen molar-refractivity contribution in [2.24, 2.45) is 4.99 Å². The van der Waals surface area contributed by atoms with Crippen molar-refractivity contribution in [2.75, 3.05) is 5.32 Å². The normalized spacial score (nSPS) is 17.2. The van der Waals surface area contributed by atoms with E-state index in [1.54, 1.807) is 0 Å². The molecule has 6 aromatic carbocycles. The maximum Gasteiger partial charge on any atom is 0.133 e. The molecule has 0 bridgehead atoms. The summed E-state index contributed by atoms with van der Waals surface area (Å²) in [6.07, 6.45) is 0. The molecule has 0 saturated carbocycles. The van der Waals surface area contributed by atoms with Crippen molar-refractivity contribution in [1.29, 1.82) is 0 Å². The lowest BCUT2D eigenvalue weighted by molar-refractivity contribution is 0.901.